The van der Waals surface area contributed by atoms with Crippen molar-refractivity contribution in [2.45, 2.75) is 9.79 Å². The highest BCUT2D eigenvalue weighted by Crippen LogP contribution is 2.22. The molecule has 2 rings (SSSR count). The van der Waals surface area contributed by atoms with E-state index >= 15 is 0 Å². The minimum absolute atomic E-state index is 0.0504. The van der Waals surface area contributed by atoms with E-state index in [1.807, 2.05) is 0 Å². The average molecular weight is 370 g/mol. The van der Waals surface area contributed by atoms with Crippen LogP contribution in [0.25, 0.3) is 0 Å². The van der Waals surface area contributed by atoms with Crippen molar-refractivity contribution in [3.8, 4) is 0 Å². The highest BCUT2D eigenvalue weighted by atomic mass is 32.2. The third kappa shape index (κ3) is 4.29. The second-order valence-electron chi connectivity index (χ2n) is 4.66. The van der Waals surface area contributed by atoms with E-state index in [9.17, 15) is 21.6 Å². The van der Waals surface area contributed by atoms with Gasteiger partial charge in [-0.1, -0.05) is 24.3 Å². The first-order valence-corrected chi connectivity index (χ1v) is 9.50. The average Bonchev–Trinajstić information content (AvgIpc) is 2.46. The van der Waals surface area contributed by atoms with E-state index in [0.29, 0.717) is 0 Å². The quantitative estimate of drug-likeness (QED) is 0.619. The molecule has 0 atom stereocenters. The van der Waals surface area contributed by atoms with Gasteiger partial charge in [-0.3, -0.25) is 0 Å². The fraction of sp³-hybridized carbons (Fsp3) is 0. The summed E-state index contributed by atoms with van der Waals surface area (Å²) in [7, 11) is -8.08. The van der Waals surface area contributed by atoms with E-state index in [0.717, 1.165) is 0 Å². The topological polar surface area (TPSA) is 161 Å². The molecule has 0 fully saturated rings. The van der Waals surface area contributed by atoms with Crippen molar-refractivity contribution in [2.75, 3.05) is 10.6 Å². The number of nitrogens with one attached hydrogen (secondary N) is 2. The monoisotopic (exact) mass is 370 g/mol. The fourth-order valence-corrected chi connectivity index (χ4v) is 3.30. The zero-order valence-corrected chi connectivity index (χ0v) is 13.8. The largest absolute Gasteiger partial charge is 0.323 e. The van der Waals surface area contributed by atoms with Crippen LogP contribution in [0, 0.1) is 0 Å². The molecule has 2 amide bonds. The van der Waals surface area contributed by atoms with Gasteiger partial charge in [0.25, 0.3) is 0 Å². The smallest absolute Gasteiger partial charge is 0.306 e. The molecule has 2 aromatic carbocycles. The fourth-order valence-electron chi connectivity index (χ4n) is 1.91. The molecule has 2 aromatic rings. The summed E-state index contributed by atoms with van der Waals surface area (Å²) in [5, 5.41) is 14.7. The Hall–Kier alpha value is -2.47. The SMILES string of the molecule is NS(=O)(=O)c1ccccc1NC(=O)Nc1ccccc1S(N)(=O)=O. The number of urea groups is 1. The van der Waals surface area contributed by atoms with Crippen LogP contribution in [0.15, 0.2) is 58.3 Å². The number of hydrogen-bond donors (Lipinski definition) is 4. The lowest BCUT2D eigenvalue weighted by molar-refractivity contribution is 0.262. The summed E-state index contributed by atoms with van der Waals surface area (Å²) in [5.41, 5.74) is -0.101. The number of anilines is 2. The summed E-state index contributed by atoms with van der Waals surface area (Å²) in [6, 6.07) is 10.2. The maximum absolute atomic E-state index is 12.0. The number of sulfonamides is 2. The number of amides is 2. The minimum Gasteiger partial charge on any atom is -0.306 e. The van der Waals surface area contributed by atoms with E-state index in [1.165, 1.54) is 48.5 Å². The van der Waals surface area contributed by atoms with Crippen LogP contribution in [-0.4, -0.2) is 22.9 Å². The van der Waals surface area contributed by atoms with Gasteiger partial charge in [0.05, 0.1) is 11.4 Å². The molecule has 6 N–H and O–H groups in total. The van der Waals surface area contributed by atoms with E-state index in [4.69, 9.17) is 10.3 Å². The van der Waals surface area contributed by atoms with Crippen LogP contribution in [0.4, 0.5) is 16.2 Å². The summed E-state index contributed by atoms with van der Waals surface area (Å²) in [4.78, 5) is 11.5. The van der Waals surface area contributed by atoms with Crippen LogP contribution in [0.3, 0.4) is 0 Å². The van der Waals surface area contributed by atoms with Crippen molar-refractivity contribution in [3.05, 3.63) is 48.5 Å². The number of primary sulfonamides is 2. The summed E-state index contributed by atoms with van der Waals surface area (Å²) in [5.74, 6) is 0. The van der Waals surface area contributed by atoms with Gasteiger partial charge >= 0.3 is 6.03 Å². The lowest BCUT2D eigenvalue weighted by Gasteiger charge is -2.12. The van der Waals surface area contributed by atoms with Gasteiger partial charge in [0.15, 0.2) is 0 Å². The minimum atomic E-state index is -4.04. The Bertz CT molecular complexity index is 907. The lowest BCUT2D eigenvalue weighted by atomic mass is 10.3. The van der Waals surface area contributed by atoms with Gasteiger partial charge in [-0.05, 0) is 24.3 Å². The maximum Gasteiger partial charge on any atom is 0.323 e. The Balaban J connectivity index is 2.29. The zero-order valence-electron chi connectivity index (χ0n) is 12.1. The second kappa shape index (κ2) is 6.57. The van der Waals surface area contributed by atoms with Gasteiger partial charge in [0.2, 0.25) is 20.0 Å². The van der Waals surface area contributed by atoms with Crippen molar-refractivity contribution < 1.29 is 21.6 Å². The zero-order chi connectivity index (χ0) is 18.0. The van der Waals surface area contributed by atoms with Gasteiger partial charge in [-0.15, -0.1) is 0 Å². The number of hydrogen-bond acceptors (Lipinski definition) is 5. The molecule has 24 heavy (non-hydrogen) atoms. The number of rotatable bonds is 4. The van der Waals surface area contributed by atoms with Crippen molar-refractivity contribution in [1.82, 2.24) is 0 Å². The Kier molecular flexibility index (Phi) is 4.89. The molecule has 0 aliphatic heterocycles. The lowest BCUT2D eigenvalue weighted by Crippen LogP contribution is -2.24. The number of benzene rings is 2. The molecule has 11 heteroatoms. The molecule has 0 saturated heterocycles. The first kappa shape index (κ1) is 17.9. The summed E-state index contributed by atoms with van der Waals surface area (Å²) >= 11 is 0. The summed E-state index contributed by atoms with van der Waals surface area (Å²) < 4.78 is 46.0. The first-order chi connectivity index (χ1) is 11.1. The van der Waals surface area contributed by atoms with Gasteiger partial charge in [-0.25, -0.2) is 31.9 Å². The molecule has 0 aliphatic carbocycles. The van der Waals surface area contributed by atoms with Crippen LogP contribution < -0.4 is 20.9 Å². The predicted octanol–water partition coefficient (Wildman–Crippen LogP) is 0.625. The number of para-hydroxylation sites is 2. The molecule has 0 bridgehead atoms. The van der Waals surface area contributed by atoms with E-state index in [1.54, 1.807) is 0 Å². The van der Waals surface area contributed by atoms with E-state index in [2.05, 4.69) is 10.6 Å². The van der Waals surface area contributed by atoms with E-state index < -0.39 is 26.1 Å². The Morgan fingerprint density at radius 2 is 1.04 bits per heavy atom. The highest BCUT2D eigenvalue weighted by Gasteiger charge is 2.17. The Morgan fingerprint density at radius 1 is 0.708 bits per heavy atom. The van der Waals surface area contributed by atoms with Crippen molar-refractivity contribution in [2.24, 2.45) is 10.3 Å². The highest BCUT2D eigenvalue weighted by molar-refractivity contribution is 7.89. The van der Waals surface area contributed by atoms with Gasteiger partial charge < -0.3 is 10.6 Å². The molecule has 0 spiro atoms. The summed E-state index contributed by atoms with van der Waals surface area (Å²) in [6.07, 6.45) is 0. The maximum atomic E-state index is 12.0. The van der Waals surface area contributed by atoms with Crippen LogP contribution in [0.2, 0.25) is 0 Å². The molecule has 0 unspecified atom stereocenters. The molecule has 9 nitrogen and oxygen atoms in total. The van der Waals surface area contributed by atoms with Crippen LogP contribution in [-0.2, 0) is 20.0 Å². The number of carbonyl (C=O) groups is 1. The third-order valence-corrected chi connectivity index (χ3v) is 4.82. The molecule has 0 saturated carbocycles. The molecule has 128 valence electrons. The molecule has 0 aliphatic rings. The first-order valence-electron chi connectivity index (χ1n) is 6.41. The number of nitrogens with two attached hydrogens (primary N) is 2. The Labute approximate surface area is 138 Å². The normalized spacial score (nSPS) is 11.8. The van der Waals surface area contributed by atoms with Crippen LogP contribution >= 0.6 is 0 Å². The van der Waals surface area contributed by atoms with Crippen LogP contribution in [0.1, 0.15) is 0 Å². The molecule has 0 aromatic heterocycles. The molecular formula is C13H14N4O5S2. The van der Waals surface area contributed by atoms with E-state index in [-0.39, 0.29) is 21.2 Å². The second-order valence-corrected chi connectivity index (χ2v) is 7.72. The third-order valence-electron chi connectivity index (χ3n) is 2.88. The molecule has 0 heterocycles. The van der Waals surface area contributed by atoms with Crippen molar-refractivity contribution in [3.63, 3.8) is 0 Å². The van der Waals surface area contributed by atoms with Crippen molar-refractivity contribution >= 4 is 37.5 Å². The molecule has 0 radical (unpaired) electrons. The van der Waals surface area contributed by atoms with Crippen LogP contribution in [0.5, 0.6) is 0 Å². The standard InChI is InChI=1S/C13H14N4O5S2/c14-23(19,20)11-7-3-1-5-9(11)16-13(18)17-10-6-2-4-8-12(10)24(15,21)22/h1-8H,(H2,14,19,20)(H2,15,21,22)(H2,16,17,18). The van der Waals surface area contributed by atoms with Gasteiger partial charge in [-0.2, -0.15) is 0 Å². The van der Waals surface area contributed by atoms with Crippen molar-refractivity contribution in [1.29, 1.82) is 0 Å². The number of carbonyl (C=O) groups excluding carboxylic acids is 1. The van der Waals surface area contributed by atoms with Gasteiger partial charge in [0.1, 0.15) is 9.79 Å². The Morgan fingerprint density at radius 3 is 1.38 bits per heavy atom. The predicted molar refractivity (Wildman–Crippen MR) is 88.3 cm³/mol. The summed E-state index contributed by atoms with van der Waals surface area (Å²) in [6.45, 7) is 0. The molecular weight excluding hydrogens is 356 g/mol. The van der Waals surface area contributed by atoms with Gasteiger partial charge in [0, 0.05) is 0 Å².